The third-order valence-electron chi connectivity index (χ3n) is 3.48. The maximum absolute atomic E-state index is 12.1. The number of para-hydroxylation sites is 2. The molecule has 1 N–H and O–H groups in total. The number of fused-ring (bicyclic) bond motifs is 1. The number of hydrogen-bond donors (Lipinski definition) is 1. The summed E-state index contributed by atoms with van der Waals surface area (Å²) in [6, 6.07) is 15.2. The van der Waals surface area contributed by atoms with Gasteiger partial charge in [0.25, 0.3) is 0 Å². The molecule has 0 spiro atoms. The minimum absolute atomic E-state index is 0.0609. The van der Waals surface area contributed by atoms with E-state index in [2.05, 4.69) is 15.3 Å². The first kappa shape index (κ1) is 16.7. The Labute approximate surface area is 149 Å². The molecule has 0 unspecified atom stereocenters. The Balaban J connectivity index is 1.60. The van der Waals surface area contributed by atoms with Crippen LogP contribution in [-0.2, 0) is 11.3 Å². The van der Waals surface area contributed by atoms with Crippen LogP contribution >= 0.6 is 23.4 Å². The second kappa shape index (κ2) is 7.64. The molecule has 1 aromatic heterocycles. The van der Waals surface area contributed by atoms with E-state index >= 15 is 0 Å². The highest BCUT2D eigenvalue weighted by atomic mass is 35.5. The van der Waals surface area contributed by atoms with Crippen LogP contribution in [0.1, 0.15) is 11.3 Å². The second-order valence-electron chi connectivity index (χ2n) is 5.26. The lowest BCUT2D eigenvalue weighted by molar-refractivity contribution is -0.118. The molecular weight excluding hydrogens is 342 g/mol. The zero-order valence-corrected chi connectivity index (χ0v) is 14.7. The summed E-state index contributed by atoms with van der Waals surface area (Å²) in [4.78, 5) is 21.2. The van der Waals surface area contributed by atoms with E-state index in [1.54, 1.807) is 0 Å². The highest BCUT2D eigenvalue weighted by molar-refractivity contribution is 7.99. The van der Waals surface area contributed by atoms with Gasteiger partial charge in [0.05, 0.1) is 22.5 Å². The first-order valence-electron chi connectivity index (χ1n) is 7.50. The molecule has 0 atom stereocenters. The van der Waals surface area contributed by atoms with Crippen LogP contribution in [0.4, 0.5) is 0 Å². The molecule has 1 heterocycles. The van der Waals surface area contributed by atoms with Gasteiger partial charge in [-0.15, -0.1) is 0 Å². The maximum atomic E-state index is 12.1. The topological polar surface area (TPSA) is 54.9 Å². The molecule has 0 aliphatic heterocycles. The fraction of sp³-hybridized carbons (Fsp3) is 0.167. The van der Waals surface area contributed by atoms with E-state index in [-0.39, 0.29) is 11.7 Å². The maximum Gasteiger partial charge on any atom is 0.230 e. The van der Waals surface area contributed by atoms with Crippen molar-refractivity contribution in [2.24, 2.45) is 0 Å². The molecule has 0 saturated carbocycles. The molecule has 0 saturated heterocycles. The largest absolute Gasteiger partial charge is 0.351 e. The lowest BCUT2D eigenvalue weighted by Gasteiger charge is -2.08. The highest BCUT2D eigenvalue weighted by Crippen LogP contribution is 2.21. The third-order valence-corrected chi connectivity index (χ3v) is 4.91. The Kier molecular flexibility index (Phi) is 5.33. The molecule has 0 bridgehead atoms. The van der Waals surface area contributed by atoms with Crippen molar-refractivity contribution >= 4 is 40.3 Å². The molecule has 24 heavy (non-hydrogen) atoms. The van der Waals surface area contributed by atoms with Crippen molar-refractivity contribution in [1.82, 2.24) is 15.3 Å². The summed E-state index contributed by atoms with van der Waals surface area (Å²) >= 11 is 7.47. The lowest BCUT2D eigenvalue weighted by atomic mass is 10.2. The van der Waals surface area contributed by atoms with Gasteiger partial charge in [0.15, 0.2) is 0 Å². The number of halogens is 1. The molecule has 0 radical (unpaired) electrons. The number of aryl methyl sites for hydroxylation is 1. The van der Waals surface area contributed by atoms with Crippen LogP contribution in [0, 0.1) is 6.92 Å². The molecule has 2 aromatic carbocycles. The fourth-order valence-electron chi connectivity index (χ4n) is 2.23. The van der Waals surface area contributed by atoms with Crippen molar-refractivity contribution in [3.05, 3.63) is 64.8 Å². The van der Waals surface area contributed by atoms with Crippen molar-refractivity contribution in [3.63, 3.8) is 0 Å². The van der Waals surface area contributed by atoms with Gasteiger partial charge < -0.3 is 5.32 Å². The zero-order valence-electron chi connectivity index (χ0n) is 13.1. The minimum atomic E-state index is -0.0609. The van der Waals surface area contributed by atoms with Crippen molar-refractivity contribution in [1.29, 1.82) is 0 Å². The van der Waals surface area contributed by atoms with Crippen LogP contribution in [0.5, 0.6) is 0 Å². The Morgan fingerprint density at radius 3 is 2.50 bits per heavy atom. The van der Waals surface area contributed by atoms with Gasteiger partial charge in [0.2, 0.25) is 5.91 Å². The molecule has 6 heteroatoms. The van der Waals surface area contributed by atoms with Gasteiger partial charge >= 0.3 is 0 Å². The van der Waals surface area contributed by atoms with Gasteiger partial charge in [0.1, 0.15) is 5.03 Å². The Morgan fingerprint density at radius 1 is 1.08 bits per heavy atom. The number of aromatic nitrogens is 2. The fourth-order valence-corrected chi connectivity index (χ4v) is 3.22. The van der Waals surface area contributed by atoms with Crippen molar-refractivity contribution < 1.29 is 4.79 Å². The predicted octanol–water partition coefficient (Wildman–Crippen LogP) is 4.00. The van der Waals surface area contributed by atoms with E-state index in [0.29, 0.717) is 11.6 Å². The van der Waals surface area contributed by atoms with Gasteiger partial charge in [-0.2, -0.15) is 0 Å². The summed E-state index contributed by atoms with van der Waals surface area (Å²) in [5.41, 5.74) is 3.43. The van der Waals surface area contributed by atoms with E-state index in [1.165, 1.54) is 11.8 Å². The smallest absolute Gasteiger partial charge is 0.230 e. The van der Waals surface area contributed by atoms with E-state index in [1.807, 2.05) is 55.5 Å². The molecule has 4 nitrogen and oxygen atoms in total. The molecule has 0 aliphatic carbocycles. The molecule has 122 valence electrons. The zero-order chi connectivity index (χ0) is 16.9. The first-order chi connectivity index (χ1) is 11.6. The molecule has 1 amide bonds. The molecule has 3 aromatic rings. The predicted molar refractivity (Wildman–Crippen MR) is 98.3 cm³/mol. The van der Waals surface area contributed by atoms with Gasteiger partial charge in [-0.05, 0) is 30.7 Å². The lowest BCUT2D eigenvalue weighted by Crippen LogP contribution is -2.24. The number of thioether (sulfide) groups is 1. The summed E-state index contributed by atoms with van der Waals surface area (Å²) in [6.07, 6.45) is 0. The standard InChI is InChI=1S/C18H16ClN3OS/c1-12-18(22-16-9-5-4-8-15(16)21-12)24-11-17(23)20-10-13-6-2-3-7-14(13)19/h2-9H,10-11H2,1H3,(H,20,23). The quantitative estimate of drug-likeness (QED) is 0.701. The van der Waals surface area contributed by atoms with Crippen LogP contribution in [-0.4, -0.2) is 21.6 Å². The van der Waals surface area contributed by atoms with Crippen LogP contribution < -0.4 is 5.32 Å². The van der Waals surface area contributed by atoms with Gasteiger partial charge in [-0.3, -0.25) is 4.79 Å². The average Bonchev–Trinajstić information content (AvgIpc) is 2.59. The van der Waals surface area contributed by atoms with Gasteiger partial charge in [-0.1, -0.05) is 53.7 Å². The van der Waals surface area contributed by atoms with Crippen LogP contribution in [0.15, 0.2) is 53.6 Å². The third kappa shape index (κ3) is 4.04. The summed E-state index contributed by atoms with van der Waals surface area (Å²) in [5.74, 6) is 0.229. The number of carbonyl (C=O) groups is 1. The molecular formula is C18H16ClN3OS. The second-order valence-corrected chi connectivity index (χ2v) is 6.63. The Hall–Kier alpha value is -2.11. The number of hydrogen-bond acceptors (Lipinski definition) is 4. The number of benzene rings is 2. The molecule has 0 aliphatic rings. The number of carbonyl (C=O) groups excluding carboxylic acids is 1. The number of nitrogens with zero attached hydrogens (tertiary/aromatic N) is 2. The number of nitrogens with one attached hydrogen (secondary N) is 1. The van der Waals surface area contributed by atoms with E-state index < -0.39 is 0 Å². The minimum Gasteiger partial charge on any atom is -0.351 e. The monoisotopic (exact) mass is 357 g/mol. The molecule has 3 rings (SSSR count). The summed E-state index contributed by atoms with van der Waals surface area (Å²) < 4.78 is 0. The Morgan fingerprint density at radius 2 is 1.75 bits per heavy atom. The van der Waals surface area contributed by atoms with Crippen molar-refractivity contribution in [2.45, 2.75) is 18.5 Å². The van der Waals surface area contributed by atoms with Crippen LogP contribution in [0.2, 0.25) is 5.02 Å². The molecule has 0 fully saturated rings. The summed E-state index contributed by atoms with van der Waals surface area (Å²) in [6.45, 7) is 2.32. The van der Waals surface area contributed by atoms with Crippen LogP contribution in [0.3, 0.4) is 0 Å². The number of amides is 1. The van der Waals surface area contributed by atoms with E-state index in [0.717, 1.165) is 27.3 Å². The Bertz CT molecular complexity index is 885. The van der Waals surface area contributed by atoms with Gasteiger partial charge in [0, 0.05) is 11.6 Å². The SMILES string of the molecule is Cc1nc2ccccc2nc1SCC(=O)NCc1ccccc1Cl. The van der Waals surface area contributed by atoms with E-state index in [4.69, 9.17) is 11.6 Å². The first-order valence-corrected chi connectivity index (χ1v) is 8.86. The van der Waals surface area contributed by atoms with Crippen molar-refractivity contribution in [3.8, 4) is 0 Å². The van der Waals surface area contributed by atoms with Crippen LogP contribution in [0.25, 0.3) is 11.0 Å². The van der Waals surface area contributed by atoms with Crippen molar-refractivity contribution in [2.75, 3.05) is 5.75 Å². The van der Waals surface area contributed by atoms with E-state index in [9.17, 15) is 4.79 Å². The average molecular weight is 358 g/mol. The summed E-state index contributed by atoms with van der Waals surface area (Å²) in [7, 11) is 0. The normalized spacial score (nSPS) is 10.8. The van der Waals surface area contributed by atoms with Gasteiger partial charge in [-0.25, -0.2) is 9.97 Å². The summed E-state index contributed by atoms with van der Waals surface area (Å²) in [5, 5.41) is 4.31. The number of rotatable bonds is 5. The highest BCUT2D eigenvalue weighted by Gasteiger charge is 2.09.